The predicted octanol–water partition coefficient (Wildman–Crippen LogP) is 3.44. The summed E-state index contributed by atoms with van der Waals surface area (Å²) in [6.07, 6.45) is -7.22. The monoisotopic (exact) mass is 401 g/mol. The normalized spacial score (nSPS) is 23.3. The number of carbonyl (C=O) groups excluding carboxylic acids is 1. The highest BCUT2D eigenvalue weighted by atomic mass is 19.4. The summed E-state index contributed by atoms with van der Waals surface area (Å²) >= 11 is 0. The van der Waals surface area contributed by atoms with Crippen molar-refractivity contribution in [3.8, 4) is 0 Å². The first-order valence-corrected chi connectivity index (χ1v) is 9.35. The highest BCUT2D eigenvalue weighted by molar-refractivity contribution is 5.69. The summed E-state index contributed by atoms with van der Waals surface area (Å²) in [6.45, 7) is 8.27. The Morgan fingerprint density at radius 3 is 2.61 bits per heavy atom. The van der Waals surface area contributed by atoms with Gasteiger partial charge in [0.1, 0.15) is 17.5 Å². The smallest absolute Gasteiger partial charge is 0.410 e. The Balaban J connectivity index is 1.77. The first-order chi connectivity index (χ1) is 12.8. The molecule has 9 heteroatoms. The van der Waals surface area contributed by atoms with Crippen LogP contribution in [-0.2, 0) is 11.2 Å². The number of hydrogen-bond acceptors (Lipinski definition) is 5. The van der Waals surface area contributed by atoms with Crippen LogP contribution >= 0.6 is 0 Å². The number of aliphatic hydroxyl groups excluding tert-OH is 1. The molecule has 156 valence electrons. The summed E-state index contributed by atoms with van der Waals surface area (Å²) < 4.78 is 43.2. The average molecular weight is 401 g/mol. The second kappa shape index (κ2) is 7.09. The zero-order valence-corrected chi connectivity index (χ0v) is 16.5. The third-order valence-corrected chi connectivity index (χ3v) is 4.88. The fraction of sp³-hybridized carbons (Fsp3) is 0.684. The molecule has 0 radical (unpaired) electrons. The van der Waals surface area contributed by atoms with Gasteiger partial charge in [-0.3, -0.25) is 0 Å². The molecule has 3 heterocycles. The molecule has 1 aromatic heterocycles. The van der Waals surface area contributed by atoms with Gasteiger partial charge in [0.2, 0.25) is 0 Å². The van der Waals surface area contributed by atoms with Crippen molar-refractivity contribution in [1.82, 2.24) is 9.88 Å². The van der Waals surface area contributed by atoms with Gasteiger partial charge in [-0.15, -0.1) is 0 Å². The highest BCUT2D eigenvalue weighted by Gasteiger charge is 2.42. The zero-order valence-electron chi connectivity index (χ0n) is 16.5. The van der Waals surface area contributed by atoms with E-state index < -0.39 is 24.3 Å². The number of aliphatic hydroxyl groups is 1. The summed E-state index contributed by atoms with van der Waals surface area (Å²) in [5.74, 6) is 0.597. The number of amides is 1. The third-order valence-electron chi connectivity index (χ3n) is 4.88. The molecule has 3 rings (SSSR count). The van der Waals surface area contributed by atoms with Crippen LogP contribution in [0.3, 0.4) is 0 Å². The Labute approximate surface area is 162 Å². The lowest BCUT2D eigenvalue weighted by Gasteiger charge is -2.43. The summed E-state index contributed by atoms with van der Waals surface area (Å²) in [6, 6.07) is 3.08. The van der Waals surface area contributed by atoms with Crippen LogP contribution in [0.5, 0.6) is 0 Å². The maximum absolute atomic E-state index is 12.6. The molecular weight excluding hydrogens is 375 g/mol. The van der Waals surface area contributed by atoms with Crippen LogP contribution < -0.4 is 4.90 Å². The van der Waals surface area contributed by atoms with Gasteiger partial charge in [0, 0.05) is 19.1 Å². The van der Waals surface area contributed by atoms with E-state index in [-0.39, 0.29) is 23.9 Å². The largest absolute Gasteiger partial charge is 0.444 e. The van der Waals surface area contributed by atoms with Crippen LogP contribution in [0.4, 0.5) is 23.8 Å². The van der Waals surface area contributed by atoms with Crippen LogP contribution in [-0.4, -0.2) is 58.0 Å². The number of hydrogen-bond donors (Lipinski definition) is 1. The summed E-state index contributed by atoms with van der Waals surface area (Å²) in [5, 5.41) is 9.90. The number of piperazine rings is 1. The molecule has 1 aromatic rings. The Bertz CT molecular complexity index is 748. The molecule has 0 spiro atoms. The van der Waals surface area contributed by atoms with Crippen molar-refractivity contribution in [3.63, 3.8) is 0 Å². The molecule has 1 saturated heterocycles. The summed E-state index contributed by atoms with van der Waals surface area (Å²) in [4.78, 5) is 20.5. The van der Waals surface area contributed by atoms with Gasteiger partial charge in [-0.25, -0.2) is 9.78 Å². The van der Waals surface area contributed by atoms with Gasteiger partial charge in [-0.05, 0) is 45.7 Å². The van der Waals surface area contributed by atoms with Crippen LogP contribution in [0.25, 0.3) is 0 Å². The highest BCUT2D eigenvalue weighted by Crippen LogP contribution is 2.37. The van der Waals surface area contributed by atoms with E-state index in [2.05, 4.69) is 4.98 Å². The predicted molar refractivity (Wildman–Crippen MR) is 97.1 cm³/mol. The Hall–Kier alpha value is -2.03. The minimum Gasteiger partial charge on any atom is -0.444 e. The van der Waals surface area contributed by atoms with Crippen molar-refractivity contribution in [2.24, 2.45) is 0 Å². The molecule has 2 aliphatic rings. The number of pyridine rings is 1. The van der Waals surface area contributed by atoms with Crippen LogP contribution in [0.2, 0.25) is 0 Å². The number of carbonyl (C=O) groups is 1. The third kappa shape index (κ3) is 4.51. The van der Waals surface area contributed by atoms with Gasteiger partial charge >= 0.3 is 12.3 Å². The van der Waals surface area contributed by atoms with Crippen molar-refractivity contribution >= 4 is 11.9 Å². The minimum absolute atomic E-state index is 0.0125. The Morgan fingerprint density at radius 1 is 1.32 bits per heavy atom. The fourth-order valence-corrected chi connectivity index (χ4v) is 3.84. The second-order valence-electron chi connectivity index (χ2n) is 8.55. The van der Waals surface area contributed by atoms with Crippen LogP contribution in [0.15, 0.2) is 12.1 Å². The molecule has 28 heavy (non-hydrogen) atoms. The van der Waals surface area contributed by atoms with E-state index in [0.717, 1.165) is 5.56 Å². The van der Waals surface area contributed by atoms with Crippen molar-refractivity contribution in [3.05, 3.63) is 23.4 Å². The molecule has 0 bridgehead atoms. The van der Waals surface area contributed by atoms with E-state index in [9.17, 15) is 23.1 Å². The number of ether oxygens (including phenoxy) is 1. The van der Waals surface area contributed by atoms with Crippen molar-refractivity contribution in [2.75, 3.05) is 18.0 Å². The summed E-state index contributed by atoms with van der Waals surface area (Å²) in [7, 11) is 0. The molecule has 0 aromatic carbocycles. The number of nitrogens with zero attached hydrogens (tertiary/aromatic N) is 3. The molecule has 1 fully saturated rings. The first kappa shape index (κ1) is 20.7. The van der Waals surface area contributed by atoms with Gasteiger partial charge < -0.3 is 19.6 Å². The number of rotatable bonds is 2. The number of aromatic nitrogens is 1. The number of halogens is 3. The fourth-order valence-electron chi connectivity index (χ4n) is 3.84. The Kier molecular flexibility index (Phi) is 5.24. The van der Waals surface area contributed by atoms with Crippen molar-refractivity contribution in [2.45, 2.75) is 70.5 Å². The van der Waals surface area contributed by atoms with E-state index in [1.54, 1.807) is 11.0 Å². The van der Waals surface area contributed by atoms with Crippen molar-refractivity contribution < 1.29 is 27.8 Å². The number of alkyl halides is 3. The summed E-state index contributed by atoms with van der Waals surface area (Å²) in [5.41, 5.74) is 0.339. The molecular formula is C19H26F3N3O3. The van der Waals surface area contributed by atoms with E-state index in [4.69, 9.17) is 4.74 Å². The van der Waals surface area contributed by atoms with Crippen LogP contribution in [0.1, 0.15) is 51.5 Å². The lowest BCUT2D eigenvalue weighted by Crippen LogP contribution is -2.58. The lowest BCUT2D eigenvalue weighted by molar-refractivity contribution is -0.154. The second-order valence-corrected chi connectivity index (χ2v) is 8.55. The Morgan fingerprint density at radius 2 is 2.00 bits per heavy atom. The van der Waals surface area contributed by atoms with Crippen molar-refractivity contribution in [1.29, 1.82) is 0 Å². The molecule has 3 unspecified atom stereocenters. The maximum atomic E-state index is 12.6. The van der Waals surface area contributed by atoms with Crippen LogP contribution in [0, 0.1) is 0 Å². The molecule has 1 N–H and O–H groups in total. The molecule has 6 nitrogen and oxygen atoms in total. The molecule has 1 amide bonds. The number of anilines is 1. The zero-order chi connectivity index (χ0) is 20.9. The molecule has 2 aliphatic heterocycles. The number of fused-ring (bicyclic) bond motifs is 3. The van der Waals surface area contributed by atoms with Gasteiger partial charge in [-0.1, -0.05) is 6.07 Å². The van der Waals surface area contributed by atoms with Gasteiger partial charge in [-0.2, -0.15) is 13.2 Å². The molecule has 0 aliphatic carbocycles. The molecule has 0 saturated carbocycles. The maximum Gasteiger partial charge on any atom is 0.410 e. The molecule has 3 atom stereocenters. The first-order valence-electron chi connectivity index (χ1n) is 9.35. The minimum atomic E-state index is -4.46. The standard InChI is InChI=1S/C19H26F3N3O3/c1-11-9-24(17(27)28-18(2,3)4)10-13-7-12-5-6-14(23-16(12)25(11)13)15(26)8-19(20,21)22/h5-6,11,13,15,26H,7-10H2,1-4H3. The van der Waals surface area contributed by atoms with Gasteiger partial charge in [0.25, 0.3) is 0 Å². The van der Waals surface area contributed by atoms with Gasteiger partial charge in [0.15, 0.2) is 0 Å². The van der Waals surface area contributed by atoms with E-state index >= 15 is 0 Å². The quantitative estimate of drug-likeness (QED) is 0.823. The lowest BCUT2D eigenvalue weighted by atomic mass is 10.1. The van der Waals surface area contributed by atoms with E-state index in [1.807, 2.05) is 32.6 Å². The average Bonchev–Trinajstić information content (AvgIpc) is 2.89. The van der Waals surface area contributed by atoms with Gasteiger partial charge in [0.05, 0.1) is 18.2 Å². The van der Waals surface area contributed by atoms with E-state index in [1.165, 1.54) is 6.07 Å². The SMILES string of the molecule is CC1CN(C(=O)OC(C)(C)C)CC2Cc3ccc(C(O)CC(F)(F)F)nc3N12. The topological polar surface area (TPSA) is 65.9 Å². The van der Waals surface area contributed by atoms with E-state index in [0.29, 0.717) is 25.3 Å².